The lowest BCUT2D eigenvalue weighted by Crippen LogP contribution is -2.56. The minimum atomic E-state index is -0.986. The number of nitrogens with one attached hydrogen (secondary N) is 2. The number of hydrazine groups is 1. The second kappa shape index (κ2) is 7.72. The molecule has 1 unspecified atom stereocenters. The van der Waals surface area contributed by atoms with Crippen LogP contribution < -0.4 is 10.7 Å². The first kappa shape index (κ1) is 15.4. The first-order valence-corrected chi connectivity index (χ1v) is 6.80. The highest BCUT2D eigenvalue weighted by atomic mass is 16.5. The molecule has 0 radical (unpaired) electrons. The van der Waals surface area contributed by atoms with Gasteiger partial charge in [0, 0.05) is 18.7 Å². The molecule has 2 amide bonds. The molecule has 1 fully saturated rings. The normalized spacial score (nSPS) is 17.0. The van der Waals surface area contributed by atoms with E-state index in [0.29, 0.717) is 31.9 Å². The molecule has 1 aliphatic rings. The van der Waals surface area contributed by atoms with Gasteiger partial charge in [-0.3, -0.25) is 15.0 Å². The van der Waals surface area contributed by atoms with Gasteiger partial charge in [0.15, 0.2) is 0 Å². The lowest BCUT2D eigenvalue weighted by molar-refractivity contribution is -0.130. The summed E-state index contributed by atoms with van der Waals surface area (Å²) in [5.41, 5.74) is 3.11. The molecule has 1 aliphatic heterocycles. The van der Waals surface area contributed by atoms with E-state index in [1.807, 2.05) is 0 Å². The molecule has 0 aromatic heterocycles. The Kier molecular flexibility index (Phi) is 5.68. The van der Waals surface area contributed by atoms with Crippen molar-refractivity contribution in [1.82, 2.24) is 15.8 Å². The van der Waals surface area contributed by atoms with Gasteiger partial charge in [0.25, 0.3) is 11.8 Å². The molecular formula is C14H19N3O4. The van der Waals surface area contributed by atoms with Gasteiger partial charge in [-0.2, -0.15) is 0 Å². The molecule has 0 bridgehead atoms. The zero-order chi connectivity index (χ0) is 15.1. The Labute approximate surface area is 122 Å². The quantitative estimate of drug-likeness (QED) is 0.657. The minimum absolute atomic E-state index is 0.397. The van der Waals surface area contributed by atoms with Crippen molar-refractivity contribution in [2.75, 3.05) is 32.9 Å². The first-order chi connectivity index (χ1) is 10.2. The summed E-state index contributed by atoms with van der Waals surface area (Å²) >= 11 is 0. The highest BCUT2D eigenvalue weighted by Gasteiger charge is 2.23. The van der Waals surface area contributed by atoms with Crippen LogP contribution >= 0.6 is 0 Å². The van der Waals surface area contributed by atoms with Crippen molar-refractivity contribution < 1.29 is 19.4 Å². The van der Waals surface area contributed by atoms with Gasteiger partial charge in [-0.05, 0) is 12.1 Å². The molecule has 1 heterocycles. The molecule has 3 N–H and O–H groups in total. The highest BCUT2D eigenvalue weighted by Crippen LogP contribution is 1.99. The summed E-state index contributed by atoms with van der Waals surface area (Å²) in [7, 11) is 0. The van der Waals surface area contributed by atoms with Gasteiger partial charge >= 0.3 is 0 Å². The number of aliphatic hydroxyl groups excluding tert-OH is 1. The number of amides is 2. The smallest absolute Gasteiger partial charge is 0.259 e. The topological polar surface area (TPSA) is 90.9 Å². The average molecular weight is 293 g/mol. The maximum atomic E-state index is 12.0. The van der Waals surface area contributed by atoms with Crippen LogP contribution in [0.4, 0.5) is 0 Å². The van der Waals surface area contributed by atoms with Crippen LogP contribution in [0, 0.1) is 0 Å². The molecule has 1 aromatic rings. The Morgan fingerprint density at radius 2 is 1.90 bits per heavy atom. The Morgan fingerprint density at radius 1 is 1.24 bits per heavy atom. The van der Waals surface area contributed by atoms with Crippen LogP contribution in [0.1, 0.15) is 10.4 Å². The number of nitrogens with zero attached hydrogens (tertiary/aromatic N) is 1. The second-order valence-corrected chi connectivity index (χ2v) is 4.65. The molecule has 0 aliphatic carbocycles. The summed E-state index contributed by atoms with van der Waals surface area (Å²) < 4.78 is 5.18. The van der Waals surface area contributed by atoms with Crippen molar-refractivity contribution in [1.29, 1.82) is 0 Å². The van der Waals surface area contributed by atoms with E-state index in [-0.39, 0.29) is 0 Å². The lowest BCUT2D eigenvalue weighted by Gasteiger charge is -2.28. The maximum absolute atomic E-state index is 12.0. The molecule has 21 heavy (non-hydrogen) atoms. The minimum Gasteiger partial charge on any atom is -0.394 e. The number of carbonyl (C=O) groups is 2. The fourth-order valence-corrected chi connectivity index (χ4v) is 1.93. The Balaban J connectivity index is 1.89. The van der Waals surface area contributed by atoms with Crippen molar-refractivity contribution in [3.8, 4) is 0 Å². The van der Waals surface area contributed by atoms with Gasteiger partial charge in [-0.15, -0.1) is 0 Å². The monoisotopic (exact) mass is 293 g/mol. The number of carbonyl (C=O) groups excluding carboxylic acids is 2. The van der Waals surface area contributed by atoms with Crippen LogP contribution in [-0.2, 0) is 9.53 Å². The van der Waals surface area contributed by atoms with Gasteiger partial charge in [-0.1, -0.05) is 18.2 Å². The fourth-order valence-electron chi connectivity index (χ4n) is 1.93. The standard InChI is InChI=1S/C14H19N3O4/c18-10-12(14(20)16-17-6-8-21-9-7-17)15-13(19)11-4-2-1-3-5-11/h1-5,12,18H,6-10H2,(H,15,19)(H,16,20). The number of morpholine rings is 1. The van der Waals surface area contributed by atoms with Crippen molar-refractivity contribution in [3.63, 3.8) is 0 Å². The van der Waals surface area contributed by atoms with Gasteiger partial charge in [0.05, 0.1) is 19.8 Å². The molecule has 1 atom stereocenters. The third-order valence-electron chi connectivity index (χ3n) is 3.12. The predicted molar refractivity (Wildman–Crippen MR) is 75.3 cm³/mol. The SMILES string of the molecule is O=C(NC(CO)C(=O)NN1CCOCC1)c1ccccc1. The number of aliphatic hydroxyl groups is 1. The van der Waals surface area contributed by atoms with E-state index in [4.69, 9.17) is 4.74 Å². The number of hydrogen-bond acceptors (Lipinski definition) is 5. The van der Waals surface area contributed by atoms with Crippen LogP contribution in [0.3, 0.4) is 0 Å². The van der Waals surface area contributed by atoms with Crippen LogP contribution in [0.5, 0.6) is 0 Å². The van der Waals surface area contributed by atoms with Crippen LogP contribution in [0.25, 0.3) is 0 Å². The van der Waals surface area contributed by atoms with Crippen LogP contribution in [0.2, 0.25) is 0 Å². The average Bonchev–Trinajstić information content (AvgIpc) is 2.54. The van der Waals surface area contributed by atoms with Crippen molar-refractivity contribution >= 4 is 11.8 Å². The largest absolute Gasteiger partial charge is 0.394 e. The van der Waals surface area contributed by atoms with Gasteiger partial charge in [0.2, 0.25) is 0 Å². The predicted octanol–water partition coefficient (Wildman–Crippen LogP) is -0.859. The third kappa shape index (κ3) is 4.52. The van der Waals surface area contributed by atoms with E-state index < -0.39 is 24.5 Å². The summed E-state index contributed by atoms with van der Waals surface area (Å²) in [6.07, 6.45) is 0. The molecule has 1 aromatic carbocycles. The van der Waals surface area contributed by atoms with Crippen molar-refractivity contribution in [2.45, 2.75) is 6.04 Å². The zero-order valence-corrected chi connectivity index (χ0v) is 11.6. The van der Waals surface area contributed by atoms with Crippen molar-refractivity contribution in [3.05, 3.63) is 35.9 Å². The summed E-state index contributed by atoms with van der Waals surface area (Å²) in [5, 5.41) is 13.5. The Hall–Kier alpha value is -1.96. The summed E-state index contributed by atoms with van der Waals surface area (Å²) in [4.78, 5) is 24.0. The number of ether oxygens (including phenoxy) is 1. The molecular weight excluding hydrogens is 274 g/mol. The highest BCUT2D eigenvalue weighted by molar-refractivity contribution is 5.97. The molecule has 114 valence electrons. The van der Waals surface area contributed by atoms with Gasteiger partial charge < -0.3 is 15.2 Å². The fraction of sp³-hybridized carbons (Fsp3) is 0.429. The van der Waals surface area contributed by atoms with E-state index in [0.717, 1.165) is 0 Å². The molecule has 0 spiro atoms. The van der Waals surface area contributed by atoms with Gasteiger partial charge in [-0.25, -0.2) is 5.01 Å². The third-order valence-corrected chi connectivity index (χ3v) is 3.12. The van der Waals surface area contributed by atoms with Gasteiger partial charge in [0.1, 0.15) is 6.04 Å². The van der Waals surface area contributed by atoms with E-state index in [2.05, 4.69) is 10.7 Å². The maximum Gasteiger partial charge on any atom is 0.259 e. The van der Waals surface area contributed by atoms with E-state index in [1.54, 1.807) is 35.3 Å². The molecule has 0 saturated carbocycles. The van der Waals surface area contributed by atoms with Crippen LogP contribution in [0.15, 0.2) is 30.3 Å². The summed E-state index contributed by atoms with van der Waals surface area (Å²) in [6, 6.07) is 7.56. The zero-order valence-electron chi connectivity index (χ0n) is 11.6. The second-order valence-electron chi connectivity index (χ2n) is 4.65. The summed E-state index contributed by atoms with van der Waals surface area (Å²) in [6.45, 7) is 1.78. The van der Waals surface area contributed by atoms with E-state index in [9.17, 15) is 14.7 Å². The van der Waals surface area contributed by atoms with Crippen LogP contribution in [-0.4, -0.2) is 60.9 Å². The molecule has 7 heteroatoms. The van der Waals surface area contributed by atoms with E-state index >= 15 is 0 Å². The molecule has 2 rings (SSSR count). The Morgan fingerprint density at radius 3 is 2.52 bits per heavy atom. The first-order valence-electron chi connectivity index (χ1n) is 6.80. The summed E-state index contributed by atoms with van der Waals surface area (Å²) in [5.74, 6) is -0.838. The van der Waals surface area contributed by atoms with E-state index in [1.165, 1.54) is 0 Å². The molecule has 1 saturated heterocycles. The molecule has 7 nitrogen and oxygen atoms in total. The van der Waals surface area contributed by atoms with Crippen molar-refractivity contribution in [2.24, 2.45) is 0 Å². The lowest BCUT2D eigenvalue weighted by atomic mass is 10.2. The Bertz CT molecular complexity index is 474. The number of benzene rings is 1. The number of hydrogen-bond donors (Lipinski definition) is 3. The number of rotatable bonds is 5.